The Morgan fingerprint density at radius 2 is 1.94 bits per heavy atom. The van der Waals surface area contributed by atoms with Crippen LogP contribution in [0.4, 0.5) is 0 Å². The topological polar surface area (TPSA) is 32.3 Å². The van der Waals surface area contributed by atoms with Crippen LogP contribution in [0.1, 0.15) is 44.7 Å². The molecule has 1 aromatic carbocycles. The standard InChI is InChI=1S/C15H21NO/c1-4-7-13(5-2)16-15(6-3)12-8-10-14(17)11-9-12/h2,8-11,13,15-17H,4,6-7H2,1,3H3. The summed E-state index contributed by atoms with van der Waals surface area (Å²) in [6.07, 6.45) is 8.56. The van der Waals surface area contributed by atoms with Crippen molar-refractivity contribution in [3.8, 4) is 18.1 Å². The Kier molecular flexibility index (Phi) is 5.59. The molecule has 2 N–H and O–H groups in total. The fraction of sp³-hybridized carbons (Fsp3) is 0.467. The van der Waals surface area contributed by atoms with Crippen LogP contribution in [0.25, 0.3) is 0 Å². The highest BCUT2D eigenvalue weighted by atomic mass is 16.3. The molecule has 2 atom stereocenters. The summed E-state index contributed by atoms with van der Waals surface area (Å²) >= 11 is 0. The van der Waals surface area contributed by atoms with Crippen LogP contribution in [0.2, 0.25) is 0 Å². The zero-order valence-electron chi connectivity index (χ0n) is 10.6. The van der Waals surface area contributed by atoms with Crippen molar-refractivity contribution < 1.29 is 5.11 Å². The van der Waals surface area contributed by atoms with Crippen LogP contribution in [0, 0.1) is 12.3 Å². The number of benzene rings is 1. The first-order valence-electron chi connectivity index (χ1n) is 6.22. The fourth-order valence-electron chi connectivity index (χ4n) is 1.90. The second-order valence-electron chi connectivity index (χ2n) is 4.23. The lowest BCUT2D eigenvalue weighted by molar-refractivity contribution is 0.456. The van der Waals surface area contributed by atoms with Gasteiger partial charge in [-0.05, 0) is 30.5 Å². The highest BCUT2D eigenvalue weighted by Crippen LogP contribution is 2.20. The van der Waals surface area contributed by atoms with E-state index < -0.39 is 0 Å². The van der Waals surface area contributed by atoms with Crippen LogP contribution in [0.15, 0.2) is 24.3 Å². The molecule has 0 fully saturated rings. The number of rotatable bonds is 6. The van der Waals surface area contributed by atoms with Crippen molar-refractivity contribution in [3.63, 3.8) is 0 Å². The van der Waals surface area contributed by atoms with Gasteiger partial charge in [-0.1, -0.05) is 38.3 Å². The Morgan fingerprint density at radius 3 is 2.41 bits per heavy atom. The minimum atomic E-state index is 0.124. The molecule has 0 saturated carbocycles. The molecule has 92 valence electrons. The fourth-order valence-corrected chi connectivity index (χ4v) is 1.90. The van der Waals surface area contributed by atoms with E-state index >= 15 is 0 Å². The molecular weight excluding hydrogens is 210 g/mol. The van der Waals surface area contributed by atoms with Gasteiger partial charge < -0.3 is 5.11 Å². The van der Waals surface area contributed by atoms with Crippen LogP contribution in [-0.4, -0.2) is 11.1 Å². The Hall–Kier alpha value is -1.46. The summed E-state index contributed by atoms with van der Waals surface area (Å²) in [7, 11) is 0. The van der Waals surface area contributed by atoms with Gasteiger partial charge in [-0.25, -0.2) is 0 Å². The lowest BCUT2D eigenvalue weighted by Crippen LogP contribution is -2.31. The van der Waals surface area contributed by atoms with Crippen molar-refractivity contribution in [2.24, 2.45) is 0 Å². The predicted molar refractivity (Wildman–Crippen MR) is 71.8 cm³/mol. The molecule has 0 aliphatic carbocycles. The first-order valence-corrected chi connectivity index (χ1v) is 6.22. The minimum Gasteiger partial charge on any atom is -0.508 e. The summed E-state index contributed by atoms with van der Waals surface area (Å²) in [5, 5.41) is 12.7. The molecule has 1 rings (SSSR count). The van der Waals surface area contributed by atoms with Crippen LogP contribution in [0.3, 0.4) is 0 Å². The molecule has 0 amide bonds. The maximum absolute atomic E-state index is 9.27. The van der Waals surface area contributed by atoms with E-state index in [4.69, 9.17) is 6.42 Å². The van der Waals surface area contributed by atoms with E-state index in [9.17, 15) is 5.11 Å². The van der Waals surface area contributed by atoms with Crippen molar-refractivity contribution in [1.82, 2.24) is 5.32 Å². The Balaban J connectivity index is 2.71. The average Bonchev–Trinajstić information content (AvgIpc) is 2.36. The predicted octanol–water partition coefficient (Wildman–Crippen LogP) is 3.23. The molecule has 17 heavy (non-hydrogen) atoms. The number of phenols is 1. The first-order chi connectivity index (χ1) is 8.21. The van der Waals surface area contributed by atoms with Gasteiger partial charge in [0.1, 0.15) is 5.75 Å². The van der Waals surface area contributed by atoms with Crippen LogP contribution in [-0.2, 0) is 0 Å². The quantitative estimate of drug-likeness (QED) is 0.737. The number of aromatic hydroxyl groups is 1. The summed E-state index contributed by atoms with van der Waals surface area (Å²) in [6, 6.07) is 7.68. The zero-order valence-corrected chi connectivity index (χ0v) is 10.6. The number of nitrogens with one attached hydrogen (secondary N) is 1. The van der Waals surface area contributed by atoms with E-state index in [1.54, 1.807) is 12.1 Å². The minimum absolute atomic E-state index is 0.124. The summed E-state index contributed by atoms with van der Waals surface area (Å²) in [5.41, 5.74) is 1.17. The molecule has 0 bridgehead atoms. The third kappa shape index (κ3) is 4.13. The van der Waals surface area contributed by atoms with Gasteiger partial charge in [-0.2, -0.15) is 0 Å². The molecule has 2 nitrogen and oxygen atoms in total. The van der Waals surface area contributed by atoms with Crippen LogP contribution >= 0.6 is 0 Å². The number of hydrogen-bond acceptors (Lipinski definition) is 2. The second kappa shape index (κ2) is 6.98. The SMILES string of the molecule is C#CC(CCC)NC(CC)c1ccc(O)cc1. The van der Waals surface area contributed by atoms with Gasteiger partial charge in [0.2, 0.25) is 0 Å². The van der Waals surface area contributed by atoms with Crippen molar-refractivity contribution in [1.29, 1.82) is 0 Å². The second-order valence-corrected chi connectivity index (χ2v) is 4.23. The molecule has 1 aromatic rings. The summed E-state index contributed by atoms with van der Waals surface area (Å²) in [4.78, 5) is 0. The van der Waals surface area contributed by atoms with E-state index in [-0.39, 0.29) is 12.1 Å². The number of terminal acetylenes is 1. The average molecular weight is 231 g/mol. The van der Waals surface area contributed by atoms with E-state index in [1.807, 2.05) is 12.1 Å². The maximum atomic E-state index is 9.27. The smallest absolute Gasteiger partial charge is 0.115 e. The van der Waals surface area contributed by atoms with E-state index in [0.717, 1.165) is 19.3 Å². The van der Waals surface area contributed by atoms with Crippen molar-refractivity contribution in [3.05, 3.63) is 29.8 Å². The highest BCUT2D eigenvalue weighted by Gasteiger charge is 2.13. The molecule has 0 heterocycles. The molecular formula is C15H21NO. The van der Waals surface area contributed by atoms with Crippen LogP contribution in [0.5, 0.6) is 5.75 Å². The Bertz CT molecular complexity index is 364. The van der Waals surface area contributed by atoms with Gasteiger partial charge in [0.05, 0.1) is 6.04 Å². The largest absolute Gasteiger partial charge is 0.508 e. The van der Waals surface area contributed by atoms with E-state index in [2.05, 4.69) is 25.1 Å². The Labute approximate surface area is 104 Å². The summed E-state index contributed by atoms with van der Waals surface area (Å²) in [6.45, 7) is 4.26. The molecule has 0 spiro atoms. The monoisotopic (exact) mass is 231 g/mol. The molecule has 0 aromatic heterocycles. The number of hydrogen-bond donors (Lipinski definition) is 2. The van der Waals surface area contributed by atoms with Crippen LogP contribution < -0.4 is 5.32 Å². The normalized spacial score (nSPS) is 13.9. The van der Waals surface area contributed by atoms with E-state index in [1.165, 1.54) is 5.56 Å². The highest BCUT2D eigenvalue weighted by molar-refractivity contribution is 5.28. The third-order valence-electron chi connectivity index (χ3n) is 2.88. The van der Waals surface area contributed by atoms with Crippen molar-refractivity contribution in [2.75, 3.05) is 0 Å². The summed E-state index contributed by atoms with van der Waals surface area (Å²) < 4.78 is 0. The molecule has 2 unspecified atom stereocenters. The third-order valence-corrected chi connectivity index (χ3v) is 2.88. The van der Waals surface area contributed by atoms with E-state index in [0.29, 0.717) is 5.75 Å². The Morgan fingerprint density at radius 1 is 1.29 bits per heavy atom. The van der Waals surface area contributed by atoms with Crippen molar-refractivity contribution in [2.45, 2.75) is 45.2 Å². The number of phenolic OH excluding ortho intramolecular Hbond substituents is 1. The van der Waals surface area contributed by atoms with Gasteiger partial charge in [-0.3, -0.25) is 5.32 Å². The zero-order chi connectivity index (χ0) is 12.7. The molecule has 0 aliphatic rings. The molecule has 0 radical (unpaired) electrons. The molecule has 0 saturated heterocycles. The molecule has 0 aliphatic heterocycles. The van der Waals surface area contributed by atoms with Crippen molar-refractivity contribution >= 4 is 0 Å². The van der Waals surface area contributed by atoms with Gasteiger partial charge in [0.25, 0.3) is 0 Å². The van der Waals surface area contributed by atoms with Gasteiger partial charge in [0.15, 0.2) is 0 Å². The van der Waals surface area contributed by atoms with Gasteiger partial charge >= 0.3 is 0 Å². The molecule has 2 heteroatoms. The van der Waals surface area contributed by atoms with Gasteiger partial charge in [-0.15, -0.1) is 6.42 Å². The summed E-state index contributed by atoms with van der Waals surface area (Å²) in [5.74, 6) is 3.09. The lowest BCUT2D eigenvalue weighted by Gasteiger charge is -2.21. The lowest BCUT2D eigenvalue weighted by atomic mass is 10.0. The van der Waals surface area contributed by atoms with Gasteiger partial charge in [0, 0.05) is 6.04 Å². The maximum Gasteiger partial charge on any atom is 0.115 e. The first kappa shape index (κ1) is 13.6.